The molecule has 3 nitrogen and oxygen atoms in total. The van der Waals surface area contributed by atoms with Crippen LogP contribution in [0.2, 0.25) is 0 Å². The van der Waals surface area contributed by atoms with Crippen molar-refractivity contribution in [3.63, 3.8) is 0 Å². The number of hydrogen-bond acceptors (Lipinski definition) is 2. The van der Waals surface area contributed by atoms with Crippen molar-refractivity contribution in [2.75, 3.05) is 13.2 Å². The molecule has 0 spiro atoms. The molecule has 1 aliphatic heterocycles. The summed E-state index contributed by atoms with van der Waals surface area (Å²) in [6.07, 6.45) is -5.26. The highest BCUT2D eigenvalue weighted by atomic mass is 19.4. The average molecular weight is 183 g/mol. The third kappa shape index (κ3) is 1.62. The van der Waals surface area contributed by atoms with Gasteiger partial charge in [-0.2, -0.15) is 13.2 Å². The fraction of sp³-hybridized carbons (Fsp3) is 0.833. The largest absolute Gasteiger partial charge is 0.448 e. The lowest BCUT2D eigenvalue weighted by atomic mass is 10.3. The number of halogens is 3. The summed E-state index contributed by atoms with van der Waals surface area (Å²) >= 11 is 0. The minimum Gasteiger partial charge on any atom is -0.448 e. The van der Waals surface area contributed by atoms with Gasteiger partial charge >= 0.3 is 12.3 Å². The second-order valence-corrected chi connectivity index (χ2v) is 2.53. The summed E-state index contributed by atoms with van der Waals surface area (Å²) in [5, 5.41) is 0. The smallest absolute Gasteiger partial charge is 0.410 e. The molecule has 0 aromatic rings. The van der Waals surface area contributed by atoms with Crippen LogP contribution in [0.5, 0.6) is 0 Å². The van der Waals surface area contributed by atoms with Crippen molar-refractivity contribution in [2.24, 2.45) is 0 Å². The zero-order chi connectivity index (χ0) is 9.35. The van der Waals surface area contributed by atoms with Gasteiger partial charge in [-0.1, -0.05) is 0 Å². The summed E-state index contributed by atoms with van der Waals surface area (Å²) in [6.45, 7) is 0.991. The third-order valence-electron chi connectivity index (χ3n) is 1.73. The molecule has 0 bridgehead atoms. The van der Waals surface area contributed by atoms with Crippen molar-refractivity contribution in [3.05, 3.63) is 0 Å². The predicted octanol–water partition coefficient (Wildman–Crippen LogP) is 1.39. The van der Waals surface area contributed by atoms with E-state index < -0.39 is 18.3 Å². The molecule has 0 radical (unpaired) electrons. The van der Waals surface area contributed by atoms with Crippen LogP contribution in [-0.2, 0) is 4.74 Å². The van der Waals surface area contributed by atoms with Crippen LogP contribution in [0.1, 0.15) is 6.92 Å². The Morgan fingerprint density at radius 2 is 2.17 bits per heavy atom. The number of rotatable bonds is 1. The van der Waals surface area contributed by atoms with Gasteiger partial charge in [0.05, 0.1) is 6.54 Å². The number of alkyl halides is 3. The fourth-order valence-electron chi connectivity index (χ4n) is 0.934. The molecule has 0 aromatic carbocycles. The maximum atomic E-state index is 12.0. The van der Waals surface area contributed by atoms with Gasteiger partial charge in [-0.3, -0.25) is 4.90 Å². The summed E-state index contributed by atoms with van der Waals surface area (Å²) in [5.74, 6) is 0. The summed E-state index contributed by atoms with van der Waals surface area (Å²) in [6, 6.07) is -1.76. The summed E-state index contributed by atoms with van der Waals surface area (Å²) < 4.78 is 40.4. The Balaban J connectivity index is 2.63. The Bertz CT molecular complexity index is 192. The predicted molar refractivity (Wildman–Crippen MR) is 33.6 cm³/mol. The lowest BCUT2D eigenvalue weighted by Gasteiger charge is -2.23. The van der Waals surface area contributed by atoms with Crippen LogP contribution >= 0.6 is 0 Å². The first-order chi connectivity index (χ1) is 5.43. The third-order valence-corrected chi connectivity index (χ3v) is 1.73. The van der Waals surface area contributed by atoms with Gasteiger partial charge < -0.3 is 4.74 Å². The number of carbonyl (C=O) groups is 1. The maximum Gasteiger partial charge on any atom is 0.410 e. The van der Waals surface area contributed by atoms with E-state index in [-0.39, 0.29) is 13.2 Å². The molecule has 0 saturated carbocycles. The van der Waals surface area contributed by atoms with Crippen LogP contribution < -0.4 is 0 Å². The lowest BCUT2D eigenvalue weighted by molar-refractivity contribution is -0.169. The van der Waals surface area contributed by atoms with Gasteiger partial charge in [-0.25, -0.2) is 4.79 Å². The monoisotopic (exact) mass is 183 g/mol. The number of hydrogen-bond donors (Lipinski definition) is 0. The molecule has 1 rings (SSSR count). The standard InChI is InChI=1S/C6H8F3NO2/c1-4(6(7,8)9)10-2-3-12-5(10)11/h4H,2-3H2,1H3. The van der Waals surface area contributed by atoms with Gasteiger partial charge in [0, 0.05) is 0 Å². The topological polar surface area (TPSA) is 29.5 Å². The number of carbonyl (C=O) groups excluding carboxylic acids is 1. The van der Waals surface area contributed by atoms with Gasteiger partial charge in [0.25, 0.3) is 0 Å². The molecular formula is C6H8F3NO2. The molecule has 1 heterocycles. The van der Waals surface area contributed by atoms with E-state index in [1.54, 1.807) is 0 Å². The highest BCUT2D eigenvalue weighted by Gasteiger charge is 2.44. The van der Waals surface area contributed by atoms with E-state index in [2.05, 4.69) is 4.74 Å². The Hall–Kier alpha value is -0.940. The van der Waals surface area contributed by atoms with Crippen LogP contribution in [-0.4, -0.2) is 36.4 Å². The minimum absolute atomic E-state index is 0.0134. The van der Waals surface area contributed by atoms with E-state index in [4.69, 9.17) is 0 Å². The van der Waals surface area contributed by atoms with Crippen LogP contribution in [0.25, 0.3) is 0 Å². The number of amides is 1. The molecule has 6 heteroatoms. The second-order valence-electron chi connectivity index (χ2n) is 2.53. The fourth-order valence-corrected chi connectivity index (χ4v) is 0.934. The molecule has 70 valence electrons. The summed E-state index contributed by atoms with van der Waals surface area (Å²) in [5.41, 5.74) is 0. The molecule has 1 fully saturated rings. The molecule has 1 aliphatic rings. The van der Waals surface area contributed by atoms with Crippen molar-refractivity contribution in [2.45, 2.75) is 19.1 Å². The van der Waals surface area contributed by atoms with Gasteiger partial charge in [-0.05, 0) is 6.92 Å². The van der Waals surface area contributed by atoms with Gasteiger partial charge in [0.15, 0.2) is 0 Å². The van der Waals surface area contributed by atoms with E-state index in [1.165, 1.54) is 0 Å². The molecule has 0 aromatic heterocycles. The molecular weight excluding hydrogens is 175 g/mol. The van der Waals surface area contributed by atoms with Crippen molar-refractivity contribution >= 4 is 6.09 Å². The van der Waals surface area contributed by atoms with Gasteiger partial charge in [0.2, 0.25) is 0 Å². The quantitative estimate of drug-likeness (QED) is 0.614. The van der Waals surface area contributed by atoms with Crippen LogP contribution in [0.4, 0.5) is 18.0 Å². The van der Waals surface area contributed by atoms with Gasteiger partial charge in [0.1, 0.15) is 12.6 Å². The molecule has 1 saturated heterocycles. The van der Waals surface area contributed by atoms with E-state index in [1.807, 2.05) is 0 Å². The Morgan fingerprint density at radius 1 is 1.58 bits per heavy atom. The zero-order valence-corrected chi connectivity index (χ0v) is 6.39. The maximum absolute atomic E-state index is 12.0. The first-order valence-electron chi connectivity index (χ1n) is 3.43. The van der Waals surface area contributed by atoms with Crippen molar-refractivity contribution in [1.29, 1.82) is 0 Å². The van der Waals surface area contributed by atoms with Crippen molar-refractivity contribution in [3.8, 4) is 0 Å². The molecule has 0 aliphatic carbocycles. The Labute approximate surface area is 67.1 Å². The number of cyclic esters (lactones) is 1. The first-order valence-corrected chi connectivity index (χ1v) is 3.43. The Morgan fingerprint density at radius 3 is 2.50 bits per heavy atom. The molecule has 1 amide bonds. The molecule has 1 atom stereocenters. The van der Waals surface area contributed by atoms with Crippen molar-refractivity contribution < 1.29 is 22.7 Å². The van der Waals surface area contributed by atoms with E-state index >= 15 is 0 Å². The normalized spacial score (nSPS) is 21.0. The van der Waals surface area contributed by atoms with Gasteiger partial charge in [-0.15, -0.1) is 0 Å². The second kappa shape index (κ2) is 2.84. The minimum atomic E-state index is -4.37. The Kier molecular flexibility index (Phi) is 2.16. The van der Waals surface area contributed by atoms with E-state index in [9.17, 15) is 18.0 Å². The van der Waals surface area contributed by atoms with Crippen LogP contribution in [0.15, 0.2) is 0 Å². The average Bonchev–Trinajstić information content (AvgIpc) is 2.31. The lowest BCUT2D eigenvalue weighted by Crippen LogP contribution is -2.43. The molecule has 12 heavy (non-hydrogen) atoms. The number of ether oxygens (including phenoxy) is 1. The summed E-state index contributed by atoms with van der Waals surface area (Å²) in [4.78, 5) is 11.3. The van der Waals surface area contributed by atoms with Crippen LogP contribution in [0.3, 0.4) is 0 Å². The first kappa shape index (κ1) is 9.15. The summed E-state index contributed by atoms with van der Waals surface area (Å²) in [7, 11) is 0. The SMILES string of the molecule is CC(N1CCOC1=O)C(F)(F)F. The zero-order valence-electron chi connectivity index (χ0n) is 6.39. The number of nitrogens with zero attached hydrogens (tertiary/aromatic N) is 1. The molecule has 0 N–H and O–H groups in total. The van der Waals surface area contributed by atoms with Crippen LogP contribution in [0, 0.1) is 0 Å². The van der Waals surface area contributed by atoms with E-state index in [0.717, 1.165) is 6.92 Å². The van der Waals surface area contributed by atoms with E-state index in [0.29, 0.717) is 4.90 Å². The molecule has 1 unspecified atom stereocenters. The van der Waals surface area contributed by atoms with Crippen molar-refractivity contribution in [1.82, 2.24) is 4.90 Å². The highest BCUT2D eigenvalue weighted by Crippen LogP contribution is 2.26. The highest BCUT2D eigenvalue weighted by molar-refractivity contribution is 5.69.